The predicted molar refractivity (Wildman–Crippen MR) is 34.5 cm³/mol. The van der Waals surface area contributed by atoms with Crippen LogP contribution in [0.25, 0.3) is 0 Å². The van der Waals surface area contributed by atoms with Crippen LogP contribution < -0.4 is 0 Å². The van der Waals surface area contributed by atoms with Crippen LogP contribution in [0.5, 0.6) is 0 Å². The van der Waals surface area contributed by atoms with Crippen molar-refractivity contribution >= 4 is 0 Å². The van der Waals surface area contributed by atoms with Crippen molar-refractivity contribution in [1.29, 1.82) is 0 Å². The first-order valence-electron chi connectivity index (χ1n) is 2.72. The average Bonchev–Trinajstić information content (AvgIpc) is 1.84. The molecule has 0 spiro atoms. The molecule has 0 unspecified atom stereocenters. The van der Waals surface area contributed by atoms with Crippen molar-refractivity contribution < 1.29 is 0 Å². The maximum atomic E-state index is 9.80. The molecule has 0 aromatic heterocycles. The zero-order chi connectivity index (χ0) is 6.57. The lowest BCUT2D eigenvalue weighted by atomic mass is 10.2. The molecule has 0 atom stereocenters. The lowest BCUT2D eigenvalue weighted by Gasteiger charge is -1.92. The Kier molecular flexibility index (Phi) is 3.08. The molecule has 8 heavy (non-hydrogen) atoms. The molecule has 0 aliphatic carbocycles. The third kappa shape index (κ3) is 1.87. The van der Waals surface area contributed by atoms with Crippen LogP contribution in [0, 0.1) is 4.91 Å². The van der Waals surface area contributed by atoms with Crippen LogP contribution in [-0.2, 0) is 0 Å². The molecule has 0 fully saturated rings. The van der Waals surface area contributed by atoms with Gasteiger partial charge in [0, 0.05) is 0 Å². The van der Waals surface area contributed by atoms with E-state index >= 15 is 0 Å². The van der Waals surface area contributed by atoms with Crippen LogP contribution in [0.4, 0.5) is 0 Å². The van der Waals surface area contributed by atoms with Gasteiger partial charge in [0.25, 0.3) is 0 Å². The van der Waals surface area contributed by atoms with E-state index < -0.39 is 0 Å². The molecule has 0 rings (SSSR count). The molecule has 0 aromatic rings. The summed E-state index contributed by atoms with van der Waals surface area (Å²) in [7, 11) is 0. The largest absolute Gasteiger partial charge is 0.145 e. The lowest BCUT2D eigenvalue weighted by Crippen LogP contribution is -1.75. The van der Waals surface area contributed by atoms with Gasteiger partial charge in [-0.2, -0.15) is 0 Å². The van der Waals surface area contributed by atoms with E-state index in [4.69, 9.17) is 0 Å². The van der Waals surface area contributed by atoms with E-state index in [1.807, 2.05) is 13.8 Å². The second-order valence-corrected chi connectivity index (χ2v) is 1.81. The fourth-order valence-corrected chi connectivity index (χ4v) is 0.334. The van der Waals surface area contributed by atoms with Gasteiger partial charge in [-0.25, -0.2) is 0 Å². The van der Waals surface area contributed by atoms with Crippen molar-refractivity contribution in [2.75, 3.05) is 0 Å². The average molecular weight is 113 g/mol. The van der Waals surface area contributed by atoms with Crippen LogP contribution >= 0.6 is 0 Å². The van der Waals surface area contributed by atoms with Gasteiger partial charge in [-0.05, 0) is 31.0 Å². The lowest BCUT2D eigenvalue weighted by molar-refractivity contribution is 1.04. The van der Waals surface area contributed by atoms with E-state index in [1.165, 1.54) is 0 Å². The normalized spacial score (nSPS) is 12.9. The molecule has 0 aliphatic rings. The zero-order valence-electron chi connectivity index (χ0n) is 5.56. The zero-order valence-corrected chi connectivity index (χ0v) is 5.56. The molecular weight excluding hydrogens is 102 g/mol. The van der Waals surface area contributed by atoms with Gasteiger partial charge >= 0.3 is 0 Å². The third-order valence-electron chi connectivity index (χ3n) is 1.28. The standard InChI is InChI=1S/C6H11NO/c1-4-5(2)6(3)7-8/h4H2,1-3H3/b6-5-. The van der Waals surface area contributed by atoms with Gasteiger partial charge in [-0.3, -0.25) is 0 Å². The maximum Gasteiger partial charge on any atom is 0.0807 e. The maximum absolute atomic E-state index is 9.80. The summed E-state index contributed by atoms with van der Waals surface area (Å²) >= 11 is 0. The molecule has 0 aliphatic heterocycles. The molecule has 0 saturated carbocycles. The summed E-state index contributed by atoms with van der Waals surface area (Å²) in [6.07, 6.45) is 0.914. The molecule has 0 heterocycles. The van der Waals surface area contributed by atoms with E-state index in [0.29, 0.717) is 5.70 Å². The molecule has 2 heteroatoms. The molecule has 0 bridgehead atoms. The monoisotopic (exact) mass is 113 g/mol. The first kappa shape index (κ1) is 7.34. The van der Waals surface area contributed by atoms with Crippen LogP contribution in [0.1, 0.15) is 27.2 Å². The summed E-state index contributed by atoms with van der Waals surface area (Å²) in [5, 5.41) is 2.79. The summed E-state index contributed by atoms with van der Waals surface area (Å²) < 4.78 is 0. The highest BCUT2D eigenvalue weighted by Gasteiger charge is 1.90. The van der Waals surface area contributed by atoms with Crippen molar-refractivity contribution in [1.82, 2.24) is 0 Å². The number of allylic oxidation sites excluding steroid dienone is 2. The number of hydrogen-bond acceptors (Lipinski definition) is 2. The summed E-state index contributed by atoms with van der Waals surface area (Å²) in [5.74, 6) is 0. The number of nitrogens with zero attached hydrogens (tertiary/aromatic N) is 1. The van der Waals surface area contributed by atoms with Gasteiger partial charge in [-0.15, -0.1) is 4.91 Å². The third-order valence-corrected chi connectivity index (χ3v) is 1.28. The van der Waals surface area contributed by atoms with Crippen molar-refractivity contribution in [3.05, 3.63) is 16.2 Å². The Bertz CT molecular complexity index is 116. The predicted octanol–water partition coefficient (Wildman–Crippen LogP) is 2.46. The Hall–Kier alpha value is -0.660. The minimum atomic E-state index is 0.618. The summed E-state index contributed by atoms with van der Waals surface area (Å²) in [6.45, 7) is 5.65. The molecule has 2 nitrogen and oxygen atoms in total. The Morgan fingerprint density at radius 1 is 1.50 bits per heavy atom. The number of hydrogen-bond donors (Lipinski definition) is 0. The smallest absolute Gasteiger partial charge is 0.0807 e. The van der Waals surface area contributed by atoms with Crippen molar-refractivity contribution in [3.63, 3.8) is 0 Å². The van der Waals surface area contributed by atoms with Gasteiger partial charge in [0.05, 0.1) is 5.70 Å². The molecule has 0 N–H and O–H groups in total. The molecule has 0 aromatic carbocycles. The Balaban J connectivity index is 4.03. The minimum absolute atomic E-state index is 0.618. The van der Waals surface area contributed by atoms with Gasteiger partial charge in [-0.1, -0.05) is 6.92 Å². The molecule has 0 radical (unpaired) electrons. The van der Waals surface area contributed by atoms with Crippen LogP contribution in [0.15, 0.2) is 16.4 Å². The highest BCUT2D eigenvalue weighted by Crippen LogP contribution is 2.06. The van der Waals surface area contributed by atoms with Gasteiger partial charge in [0.2, 0.25) is 0 Å². The van der Waals surface area contributed by atoms with Crippen molar-refractivity contribution in [2.24, 2.45) is 5.18 Å². The van der Waals surface area contributed by atoms with E-state index in [0.717, 1.165) is 12.0 Å². The van der Waals surface area contributed by atoms with Gasteiger partial charge in [0.1, 0.15) is 0 Å². The van der Waals surface area contributed by atoms with E-state index in [-0.39, 0.29) is 0 Å². The first-order valence-corrected chi connectivity index (χ1v) is 2.72. The minimum Gasteiger partial charge on any atom is -0.145 e. The highest BCUT2D eigenvalue weighted by molar-refractivity contribution is 5.06. The molecular formula is C6H11NO. The Morgan fingerprint density at radius 3 is 2.12 bits per heavy atom. The second-order valence-electron chi connectivity index (χ2n) is 1.81. The van der Waals surface area contributed by atoms with Crippen LogP contribution in [-0.4, -0.2) is 0 Å². The molecule has 0 amide bonds. The Labute approximate surface area is 49.6 Å². The number of nitroso groups, excluding NO2 is 1. The number of rotatable bonds is 2. The molecule has 46 valence electrons. The fraction of sp³-hybridized carbons (Fsp3) is 0.667. The van der Waals surface area contributed by atoms with E-state index in [9.17, 15) is 4.91 Å². The summed E-state index contributed by atoms with van der Waals surface area (Å²) in [6, 6.07) is 0. The topological polar surface area (TPSA) is 29.4 Å². The van der Waals surface area contributed by atoms with Crippen molar-refractivity contribution in [3.8, 4) is 0 Å². The van der Waals surface area contributed by atoms with E-state index in [1.54, 1.807) is 6.92 Å². The SMILES string of the molecule is CC/C(C)=C(/C)N=O. The summed E-state index contributed by atoms with van der Waals surface area (Å²) in [4.78, 5) is 9.80. The van der Waals surface area contributed by atoms with E-state index in [2.05, 4.69) is 5.18 Å². The quantitative estimate of drug-likeness (QED) is 0.506. The first-order chi connectivity index (χ1) is 3.72. The van der Waals surface area contributed by atoms with Crippen LogP contribution in [0.3, 0.4) is 0 Å². The second kappa shape index (κ2) is 3.36. The highest BCUT2D eigenvalue weighted by atomic mass is 16.3. The van der Waals surface area contributed by atoms with Gasteiger partial charge < -0.3 is 0 Å². The van der Waals surface area contributed by atoms with Gasteiger partial charge in [0.15, 0.2) is 0 Å². The fourth-order valence-electron chi connectivity index (χ4n) is 0.334. The molecule has 0 saturated heterocycles. The Morgan fingerprint density at radius 2 is 2.00 bits per heavy atom. The van der Waals surface area contributed by atoms with Crippen molar-refractivity contribution in [2.45, 2.75) is 27.2 Å². The summed E-state index contributed by atoms with van der Waals surface area (Å²) in [5.41, 5.74) is 1.69. The van der Waals surface area contributed by atoms with Crippen LogP contribution in [0.2, 0.25) is 0 Å².